The lowest BCUT2D eigenvalue weighted by Gasteiger charge is -2.24. The molecule has 2 aliphatic heterocycles. The van der Waals surface area contributed by atoms with Crippen molar-refractivity contribution in [2.45, 2.75) is 24.2 Å². The van der Waals surface area contributed by atoms with Crippen molar-refractivity contribution in [1.82, 2.24) is 14.5 Å². The first-order valence-electron chi connectivity index (χ1n) is 11.4. The summed E-state index contributed by atoms with van der Waals surface area (Å²) in [5.41, 5.74) is 0.502. The van der Waals surface area contributed by atoms with Crippen molar-refractivity contribution in [1.29, 1.82) is 0 Å². The molecule has 12 heteroatoms. The van der Waals surface area contributed by atoms with Crippen molar-refractivity contribution >= 4 is 39.3 Å². The van der Waals surface area contributed by atoms with Crippen molar-refractivity contribution in [3.05, 3.63) is 52.5 Å². The van der Waals surface area contributed by atoms with E-state index in [0.29, 0.717) is 28.7 Å². The maximum absolute atomic E-state index is 13.6. The third-order valence-corrected chi connectivity index (χ3v) is 8.38. The number of hydrogen-bond donors (Lipinski definition) is 2. The summed E-state index contributed by atoms with van der Waals surface area (Å²) in [6, 6.07) is 8.05. The summed E-state index contributed by atoms with van der Waals surface area (Å²) in [6.45, 7) is 0.308. The van der Waals surface area contributed by atoms with Gasteiger partial charge >= 0.3 is 0 Å². The zero-order valence-corrected chi connectivity index (χ0v) is 21.1. The smallest absolute Gasteiger partial charge is 0.267 e. The summed E-state index contributed by atoms with van der Waals surface area (Å²) in [4.78, 5) is 40.0. The molecule has 36 heavy (non-hydrogen) atoms. The molecule has 4 rings (SSSR count). The van der Waals surface area contributed by atoms with Crippen LogP contribution in [0.15, 0.2) is 41.3 Å². The zero-order valence-electron chi connectivity index (χ0n) is 19.6. The van der Waals surface area contributed by atoms with Crippen molar-refractivity contribution in [2.75, 3.05) is 33.3 Å². The highest BCUT2D eigenvalue weighted by molar-refractivity contribution is 7.89. The van der Waals surface area contributed by atoms with Gasteiger partial charge in [0.25, 0.3) is 15.9 Å². The predicted molar refractivity (Wildman–Crippen MR) is 130 cm³/mol. The van der Waals surface area contributed by atoms with Crippen LogP contribution in [0.2, 0.25) is 5.02 Å². The average molecular weight is 536 g/mol. The second-order valence-corrected chi connectivity index (χ2v) is 11.0. The van der Waals surface area contributed by atoms with Gasteiger partial charge in [0, 0.05) is 19.6 Å². The van der Waals surface area contributed by atoms with Gasteiger partial charge in [-0.05, 0) is 61.2 Å². The van der Waals surface area contributed by atoms with E-state index >= 15 is 0 Å². The molecule has 0 bridgehead atoms. The van der Waals surface area contributed by atoms with Gasteiger partial charge in [-0.3, -0.25) is 14.4 Å². The molecule has 0 radical (unpaired) electrons. The Morgan fingerprint density at radius 1 is 1.17 bits per heavy atom. The molecule has 192 valence electrons. The maximum atomic E-state index is 13.6. The van der Waals surface area contributed by atoms with Gasteiger partial charge in [0.1, 0.15) is 18.0 Å². The van der Waals surface area contributed by atoms with Crippen LogP contribution in [-0.2, 0) is 26.0 Å². The molecule has 2 fully saturated rings. The second kappa shape index (κ2) is 10.4. The van der Waals surface area contributed by atoms with Gasteiger partial charge in [0.05, 0.1) is 28.5 Å². The lowest BCUT2D eigenvalue weighted by molar-refractivity contribution is -0.131. The number of benzene rings is 2. The third kappa shape index (κ3) is 5.12. The zero-order chi connectivity index (χ0) is 26.0. The van der Waals surface area contributed by atoms with Crippen molar-refractivity contribution in [3.8, 4) is 11.5 Å². The average Bonchev–Trinajstić information content (AvgIpc) is 3.35. The van der Waals surface area contributed by atoms with E-state index in [1.807, 2.05) is 0 Å². The summed E-state index contributed by atoms with van der Waals surface area (Å²) in [5.74, 6) is -2.39. The highest BCUT2D eigenvalue weighted by Crippen LogP contribution is 2.29. The van der Waals surface area contributed by atoms with Crippen LogP contribution in [0.5, 0.6) is 11.5 Å². The van der Waals surface area contributed by atoms with E-state index in [1.54, 1.807) is 4.90 Å². The topological polar surface area (TPSA) is 133 Å². The quantitative estimate of drug-likeness (QED) is 0.576. The minimum absolute atomic E-state index is 0.0159. The molecule has 0 saturated carbocycles. The maximum Gasteiger partial charge on any atom is 0.267 e. The molecule has 3 amide bonds. The van der Waals surface area contributed by atoms with Crippen molar-refractivity contribution < 1.29 is 32.6 Å². The molecular formula is C24H26ClN3O7S. The molecule has 2 aromatic rings. The molecular weight excluding hydrogens is 510 g/mol. The minimum atomic E-state index is -4.50. The molecule has 1 atom stereocenters. The van der Waals surface area contributed by atoms with Crippen LogP contribution < -0.4 is 10.1 Å². The largest absolute Gasteiger partial charge is 0.508 e. The van der Waals surface area contributed by atoms with Gasteiger partial charge in [-0.2, -0.15) is 0 Å². The molecule has 2 aliphatic rings. The van der Waals surface area contributed by atoms with Gasteiger partial charge in [-0.1, -0.05) is 11.6 Å². The van der Waals surface area contributed by atoms with Gasteiger partial charge in [0.15, 0.2) is 0 Å². The van der Waals surface area contributed by atoms with Crippen molar-refractivity contribution in [3.63, 3.8) is 0 Å². The lowest BCUT2D eigenvalue weighted by atomic mass is 9.97. The molecule has 0 aromatic heterocycles. The molecule has 2 aromatic carbocycles. The Hall–Kier alpha value is -3.31. The van der Waals surface area contributed by atoms with E-state index in [4.69, 9.17) is 16.3 Å². The normalized spacial score (nSPS) is 18.7. The minimum Gasteiger partial charge on any atom is -0.508 e. The highest BCUT2D eigenvalue weighted by atomic mass is 35.5. The van der Waals surface area contributed by atoms with Crippen LogP contribution in [-0.4, -0.2) is 73.7 Å². The number of amides is 3. The fraction of sp³-hybridized carbons (Fsp3) is 0.375. The Labute approximate surface area is 213 Å². The van der Waals surface area contributed by atoms with E-state index in [-0.39, 0.29) is 40.1 Å². The number of sulfonamides is 1. The number of rotatable bonds is 6. The number of hydrogen-bond acceptors (Lipinski definition) is 7. The SMILES string of the molecule is COc1ccc(O)cc1CC1CNC(=O)CN(S(=O)(=O)c2ccc(Cl)c(C(=O)N3CCCC3)c2)C1=O. The van der Waals surface area contributed by atoms with Crippen LogP contribution in [0.1, 0.15) is 28.8 Å². The number of nitrogens with one attached hydrogen (secondary N) is 1. The lowest BCUT2D eigenvalue weighted by Crippen LogP contribution is -2.42. The van der Waals surface area contributed by atoms with E-state index in [9.17, 15) is 27.9 Å². The van der Waals surface area contributed by atoms with E-state index in [2.05, 4.69) is 5.32 Å². The van der Waals surface area contributed by atoms with Crippen molar-refractivity contribution in [2.24, 2.45) is 5.92 Å². The number of methoxy groups -OCH3 is 1. The number of nitrogens with zero attached hydrogens (tertiary/aromatic N) is 2. The molecule has 0 spiro atoms. The Morgan fingerprint density at radius 2 is 1.89 bits per heavy atom. The number of carbonyl (C=O) groups excluding carboxylic acids is 3. The molecule has 2 heterocycles. The van der Waals surface area contributed by atoms with E-state index < -0.39 is 34.3 Å². The Bertz CT molecular complexity index is 1310. The molecule has 2 saturated heterocycles. The number of ether oxygens (including phenoxy) is 1. The number of halogens is 1. The molecule has 0 aliphatic carbocycles. The first-order chi connectivity index (χ1) is 17.1. The summed E-state index contributed by atoms with van der Waals surface area (Å²) in [5, 5.41) is 12.5. The van der Waals surface area contributed by atoms with Crippen LogP contribution in [0.25, 0.3) is 0 Å². The Morgan fingerprint density at radius 3 is 2.58 bits per heavy atom. The molecule has 10 nitrogen and oxygen atoms in total. The first-order valence-corrected chi connectivity index (χ1v) is 13.2. The first kappa shape index (κ1) is 25.8. The number of carbonyl (C=O) groups is 3. The number of likely N-dealkylation sites (tertiary alicyclic amines) is 1. The Balaban J connectivity index is 1.67. The fourth-order valence-corrected chi connectivity index (χ4v) is 6.02. The van der Waals surface area contributed by atoms with Gasteiger partial charge < -0.3 is 20.1 Å². The predicted octanol–water partition coefficient (Wildman–Crippen LogP) is 1.80. The standard InChI is InChI=1S/C24H26ClN3O7S/c1-35-21-7-4-17(29)11-15(21)10-16-13-26-22(30)14-28(23(16)31)36(33,34)18-5-6-20(25)19(12-18)24(32)27-8-2-3-9-27/h4-7,11-12,16,29H,2-3,8-10,13-14H2,1H3,(H,26,30). The van der Waals surface area contributed by atoms with Crippen LogP contribution >= 0.6 is 11.6 Å². The summed E-state index contributed by atoms with van der Waals surface area (Å²) in [6.07, 6.45) is 1.72. The second-order valence-electron chi connectivity index (χ2n) is 8.69. The van der Waals surface area contributed by atoms with Gasteiger partial charge in [-0.25, -0.2) is 12.7 Å². The summed E-state index contributed by atoms with van der Waals surface area (Å²) < 4.78 is 33.0. The van der Waals surface area contributed by atoms with Crippen LogP contribution in [0, 0.1) is 5.92 Å². The third-order valence-electron chi connectivity index (χ3n) is 6.31. The summed E-state index contributed by atoms with van der Waals surface area (Å²) in [7, 11) is -3.06. The van der Waals surface area contributed by atoms with E-state index in [0.717, 1.165) is 18.9 Å². The number of phenolic OH excluding ortho intramolecular Hbond substituents is 1. The monoisotopic (exact) mass is 535 g/mol. The van der Waals surface area contributed by atoms with Crippen LogP contribution in [0.3, 0.4) is 0 Å². The Kier molecular flexibility index (Phi) is 7.41. The number of aromatic hydroxyl groups is 1. The summed E-state index contributed by atoms with van der Waals surface area (Å²) >= 11 is 6.22. The molecule has 1 unspecified atom stereocenters. The number of phenols is 1. The highest BCUT2D eigenvalue weighted by Gasteiger charge is 2.39. The fourth-order valence-electron chi connectivity index (χ4n) is 4.39. The van der Waals surface area contributed by atoms with Gasteiger partial charge in [-0.15, -0.1) is 0 Å². The van der Waals surface area contributed by atoms with Gasteiger partial charge in [0.2, 0.25) is 11.8 Å². The van der Waals surface area contributed by atoms with E-state index in [1.165, 1.54) is 37.4 Å². The molecule has 2 N–H and O–H groups in total. The van der Waals surface area contributed by atoms with Crippen LogP contribution in [0.4, 0.5) is 0 Å².